The molecule has 18 heavy (non-hydrogen) atoms. The molecule has 0 unspecified atom stereocenters. The molecule has 0 atom stereocenters. The van der Waals surface area contributed by atoms with Gasteiger partial charge in [0.15, 0.2) is 5.11 Å². The Labute approximate surface area is 114 Å². The summed E-state index contributed by atoms with van der Waals surface area (Å²) >= 11 is 5.28. The first-order valence-electron chi connectivity index (χ1n) is 6.78. The summed E-state index contributed by atoms with van der Waals surface area (Å²) < 4.78 is 1.98. The van der Waals surface area contributed by atoms with Gasteiger partial charge in [0, 0.05) is 25.3 Å². The van der Waals surface area contributed by atoms with E-state index in [4.69, 9.17) is 12.2 Å². The van der Waals surface area contributed by atoms with Crippen LogP contribution in [0.15, 0.2) is 12.3 Å². The second-order valence-corrected chi connectivity index (χ2v) is 5.36. The molecule has 1 heterocycles. The number of aromatic nitrogens is 2. The van der Waals surface area contributed by atoms with Gasteiger partial charge in [0.2, 0.25) is 0 Å². The molecule has 4 nitrogen and oxygen atoms in total. The highest BCUT2D eigenvalue weighted by Gasteiger charge is 2.14. The van der Waals surface area contributed by atoms with Crippen molar-refractivity contribution in [3.63, 3.8) is 0 Å². The minimum Gasteiger partial charge on any atom is -0.363 e. The molecule has 1 aliphatic carbocycles. The van der Waals surface area contributed by atoms with Crippen molar-refractivity contribution in [1.82, 2.24) is 20.4 Å². The fourth-order valence-corrected chi connectivity index (χ4v) is 2.61. The molecule has 5 heteroatoms. The summed E-state index contributed by atoms with van der Waals surface area (Å²) in [6.07, 6.45) is 8.23. The summed E-state index contributed by atoms with van der Waals surface area (Å²) in [7, 11) is 0. The lowest BCUT2D eigenvalue weighted by atomic mass is 10.3. The molecule has 1 aliphatic rings. The van der Waals surface area contributed by atoms with E-state index in [1.165, 1.54) is 25.7 Å². The van der Waals surface area contributed by atoms with E-state index in [0.29, 0.717) is 6.04 Å². The zero-order valence-corrected chi connectivity index (χ0v) is 11.8. The predicted octanol–water partition coefficient (Wildman–Crippen LogP) is 1.99. The van der Waals surface area contributed by atoms with Gasteiger partial charge in [0.1, 0.15) is 0 Å². The zero-order valence-electron chi connectivity index (χ0n) is 11.0. The van der Waals surface area contributed by atoms with Crippen LogP contribution in [0.5, 0.6) is 0 Å². The smallest absolute Gasteiger partial charge is 0.166 e. The molecule has 100 valence electrons. The van der Waals surface area contributed by atoms with Gasteiger partial charge in [0.25, 0.3) is 0 Å². The van der Waals surface area contributed by atoms with Crippen molar-refractivity contribution in [2.45, 2.75) is 51.6 Å². The van der Waals surface area contributed by atoms with E-state index >= 15 is 0 Å². The van der Waals surface area contributed by atoms with Crippen molar-refractivity contribution in [3.05, 3.63) is 18.0 Å². The minimum absolute atomic E-state index is 0.596. The molecule has 0 bridgehead atoms. The Kier molecular flexibility index (Phi) is 4.99. The maximum Gasteiger partial charge on any atom is 0.166 e. The Bertz CT molecular complexity index is 382. The molecule has 0 spiro atoms. The average Bonchev–Trinajstić information content (AvgIpc) is 2.96. The summed E-state index contributed by atoms with van der Waals surface area (Å²) in [4.78, 5) is 0. The number of hydrogen-bond acceptors (Lipinski definition) is 2. The summed E-state index contributed by atoms with van der Waals surface area (Å²) in [5.41, 5.74) is 1.07. The van der Waals surface area contributed by atoms with Gasteiger partial charge >= 0.3 is 0 Å². The number of nitrogens with zero attached hydrogens (tertiary/aromatic N) is 2. The van der Waals surface area contributed by atoms with Crippen molar-refractivity contribution in [1.29, 1.82) is 0 Å². The third-order valence-electron chi connectivity index (χ3n) is 3.31. The van der Waals surface area contributed by atoms with Gasteiger partial charge in [-0.25, -0.2) is 0 Å². The highest BCUT2D eigenvalue weighted by atomic mass is 32.1. The second-order valence-electron chi connectivity index (χ2n) is 4.96. The van der Waals surface area contributed by atoms with E-state index in [9.17, 15) is 0 Å². The lowest BCUT2D eigenvalue weighted by Gasteiger charge is -2.15. The van der Waals surface area contributed by atoms with E-state index < -0.39 is 0 Å². The molecule has 0 aromatic carbocycles. The molecule has 2 rings (SSSR count). The van der Waals surface area contributed by atoms with Crippen LogP contribution in [0, 0.1) is 6.92 Å². The lowest BCUT2D eigenvalue weighted by Crippen LogP contribution is -2.41. The van der Waals surface area contributed by atoms with Crippen LogP contribution in [-0.2, 0) is 6.54 Å². The highest BCUT2D eigenvalue weighted by Crippen LogP contribution is 2.17. The molecule has 1 aromatic rings. The Hall–Kier alpha value is -1.10. The van der Waals surface area contributed by atoms with Crippen LogP contribution < -0.4 is 10.6 Å². The van der Waals surface area contributed by atoms with E-state index in [1.54, 1.807) is 0 Å². The van der Waals surface area contributed by atoms with Crippen LogP contribution in [0.1, 0.15) is 37.8 Å². The number of nitrogens with one attached hydrogen (secondary N) is 2. The first kappa shape index (κ1) is 13.3. The Morgan fingerprint density at radius 1 is 1.50 bits per heavy atom. The predicted molar refractivity (Wildman–Crippen MR) is 77.6 cm³/mol. The van der Waals surface area contributed by atoms with E-state index in [2.05, 4.69) is 15.7 Å². The van der Waals surface area contributed by atoms with Crippen molar-refractivity contribution >= 4 is 17.3 Å². The first-order valence-corrected chi connectivity index (χ1v) is 7.19. The van der Waals surface area contributed by atoms with Gasteiger partial charge in [-0.15, -0.1) is 0 Å². The van der Waals surface area contributed by atoms with E-state index in [1.807, 2.05) is 23.9 Å². The average molecular weight is 266 g/mol. The standard InChI is InChI=1S/C13H22N4S/c1-11-7-10-17(16-11)9-4-8-14-13(18)15-12-5-2-3-6-12/h7,10,12H,2-6,8-9H2,1H3,(H2,14,15,18). The topological polar surface area (TPSA) is 41.9 Å². The van der Waals surface area contributed by atoms with E-state index in [0.717, 1.165) is 30.3 Å². The van der Waals surface area contributed by atoms with Gasteiger partial charge in [-0.05, 0) is 44.5 Å². The van der Waals surface area contributed by atoms with Crippen LogP contribution in [0.3, 0.4) is 0 Å². The third kappa shape index (κ3) is 4.29. The lowest BCUT2D eigenvalue weighted by molar-refractivity contribution is 0.563. The number of aryl methyl sites for hydroxylation is 2. The number of thiocarbonyl (C=S) groups is 1. The molecule has 0 aliphatic heterocycles. The quantitative estimate of drug-likeness (QED) is 0.632. The Morgan fingerprint density at radius 2 is 2.28 bits per heavy atom. The van der Waals surface area contributed by atoms with Crippen molar-refractivity contribution in [2.24, 2.45) is 0 Å². The third-order valence-corrected chi connectivity index (χ3v) is 3.58. The fraction of sp³-hybridized carbons (Fsp3) is 0.692. The maximum absolute atomic E-state index is 5.28. The minimum atomic E-state index is 0.596. The summed E-state index contributed by atoms with van der Waals surface area (Å²) in [6.45, 7) is 3.85. The second kappa shape index (κ2) is 6.73. The molecule has 1 fully saturated rings. The summed E-state index contributed by atoms with van der Waals surface area (Å²) in [5, 5.41) is 11.8. The number of rotatable bonds is 5. The van der Waals surface area contributed by atoms with Crippen LogP contribution in [0.25, 0.3) is 0 Å². The molecular weight excluding hydrogens is 244 g/mol. The zero-order chi connectivity index (χ0) is 12.8. The summed E-state index contributed by atoms with van der Waals surface area (Å²) in [6, 6.07) is 2.62. The van der Waals surface area contributed by atoms with Gasteiger partial charge in [-0.1, -0.05) is 12.8 Å². The first-order chi connectivity index (χ1) is 8.74. The fourth-order valence-electron chi connectivity index (χ4n) is 2.34. The molecule has 0 amide bonds. The van der Waals surface area contributed by atoms with Crippen LogP contribution >= 0.6 is 12.2 Å². The largest absolute Gasteiger partial charge is 0.363 e. The van der Waals surface area contributed by atoms with Gasteiger partial charge < -0.3 is 10.6 Å². The van der Waals surface area contributed by atoms with Crippen LogP contribution in [-0.4, -0.2) is 27.5 Å². The molecule has 2 N–H and O–H groups in total. The molecule has 1 aromatic heterocycles. The normalized spacial score (nSPS) is 15.8. The van der Waals surface area contributed by atoms with Gasteiger partial charge in [-0.3, -0.25) is 4.68 Å². The van der Waals surface area contributed by atoms with Crippen molar-refractivity contribution in [2.75, 3.05) is 6.54 Å². The van der Waals surface area contributed by atoms with Crippen LogP contribution in [0.2, 0.25) is 0 Å². The van der Waals surface area contributed by atoms with E-state index in [-0.39, 0.29) is 0 Å². The molecule has 0 radical (unpaired) electrons. The van der Waals surface area contributed by atoms with Crippen molar-refractivity contribution in [3.8, 4) is 0 Å². The highest BCUT2D eigenvalue weighted by molar-refractivity contribution is 7.80. The Morgan fingerprint density at radius 3 is 2.94 bits per heavy atom. The van der Waals surface area contributed by atoms with Gasteiger partial charge in [0.05, 0.1) is 5.69 Å². The SMILES string of the molecule is Cc1ccn(CCCNC(=S)NC2CCCC2)n1. The van der Waals surface area contributed by atoms with Crippen LogP contribution in [0.4, 0.5) is 0 Å². The molecule has 1 saturated carbocycles. The molecule has 0 saturated heterocycles. The van der Waals surface area contributed by atoms with Crippen molar-refractivity contribution < 1.29 is 0 Å². The maximum atomic E-state index is 5.28. The monoisotopic (exact) mass is 266 g/mol. The number of hydrogen-bond donors (Lipinski definition) is 2. The van der Waals surface area contributed by atoms with Gasteiger partial charge in [-0.2, -0.15) is 5.10 Å². The molecular formula is C13H22N4S. The Balaban J connectivity index is 1.56. The summed E-state index contributed by atoms with van der Waals surface area (Å²) in [5.74, 6) is 0.